The fraction of sp³-hybridized carbons (Fsp3) is 0.158. The van der Waals surface area contributed by atoms with Crippen molar-refractivity contribution < 1.29 is 5.11 Å². The van der Waals surface area contributed by atoms with Crippen LogP contribution in [-0.4, -0.2) is 28.0 Å². The van der Waals surface area contributed by atoms with Gasteiger partial charge in [-0.05, 0) is 54.9 Å². The maximum atomic E-state index is 12.1. The zero-order chi connectivity index (χ0) is 19.9. The monoisotopic (exact) mass is 396 g/mol. The smallest absolute Gasteiger partial charge is 0.271 e. The number of hydrogen-bond donors (Lipinski definition) is 4. The zero-order valence-electron chi connectivity index (χ0n) is 15.2. The average Bonchev–Trinajstić information content (AvgIpc) is 3.08. The molecule has 9 heteroatoms. The van der Waals surface area contributed by atoms with Crippen molar-refractivity contribution in [2.45, 2.75) is 13.0 Å². The van der Waals surface area contributed by atoms with Crippen LogP contribution >= 0.6 is 11.5 Å². The molecular formula is C19H20N6O2S. The van der Waals surface area contributed by atoms with Crippen LogP contribution in [0.3, 0.4) is 0 Å². The second-order valence-electron chi connectivity index (χ2n) is 5.99. The average molecular weight is 396 g/mol. The van der Waals surface area contributed by atoms with Gasteiger partial charge in [0.1, 0.15) is 16.4 Å². The molecule has 2 aromatic carbocycles. The first-order valence-corrected chi connectivity index (χ1v) is 9.38. The highest BCUT2D eigenvalue weighted by Crippen LogP contribution is 2.25. The number of aliphatic hydroxyl groups is 1. The summed E-state index contributed by atoms with van der Waals surface area (Å²) < 4.78 is 2.65. The molecule has 0 amide bonds. The molecule has 1 unspecified atom stereocenters. The van der Waals surface area contributed by atoms with Crippen LogP contribution in [0.15, 0.2) is 74.6 Å². The van der Waals surface area contributed by atoms with E-state index in [2.05, 4.69) is 24.9 Å². The van der Waals surface area contributed by atoms with Gasteiger partial charge in [0.2, 0.25) is 0 Å². The van der Waals surface area contributed by atoms with E-state index in [0.717, 1.165) is 22.9 Å². The molecule has 3 aromatic rings. The van der Waals surface area contributed by atoms with Gasteiger partial charge in [-0.3, -0.25) is 14.2 Å². The second kappa shape index (κ2) is 9.07. The molecule has 5 N–H and O–H groups in total. The highest BCUT2D eigenvalue weighted by molar-refractivity contribution is 7.10. The number of anilines is 2. The van der Waals surface area contributed by atoms with Gasteiger partial charge in [0.05, 0.1) is 24.0 Å². The lowest BCUT2D eigenvalue weighted by Crippen LogP contribution is -2.24. The molecule has 0 bridgehead atoms. The predicted octanol–water partition coefficient (Wildman–Crippen LogP) is 3.68. The summed E-state index contributed by atoms with van der Waals surface area (Å²) in [7, 11) is 0. The van der Waals surface area contributed by atoms with Crippen LogP contribution in [0.2, 0.25) is 0 Å². The number of nitrogens with two attached hydrogens (primary N) is 1. The number of azo groups is 1. The first-order chi connectivity index (χ1) is 13.6. The molecule has 0 aliphatic carbocycles. The lowest BCUT2D eigenvalue weighted by Gasteiger charge is -2.07. The maximum Gasteiger partial charge on any atom is 0.271 e. The van der Waals surface area contributed by atoms with E-state index in [4.69, 9.17) is 10.8 Å². The number of nitrogens with one attached hydrogen (secondary N) is 2. The highest BCUT2D eigenvalue weighted by Gasteiger charge is 2.15. The van der Waals surface area contributed by atoms with Crippen molar-refractivity contribution in [1.82, 2.24) is 4.37 Å². The van der Waals surface area contributed by atoms with Gasteiger partial charge in [-0.1, -0.05) is 18.2 Å². The summed E-state index contributed by atoms with van der Waals surface area (Å²) in [4.78, 5) is 16.2. The lowest BCUT2D eigenvalue weighted by molar-refractivity contribution is 0.274. The van der Waals surface area contributed by atoms with Gasteiger partial charge in [0.15, 0.2) is 0 Å². The Kier molecular flexibility index (Phi) is 6.30. The molecule has 1 heterocycles. The molecule has 0 fully saturated rings. The van der Waals surface area contributed by atoms with E-state index in [1.54, 1.807) is 6.92 Å². The van der Waals surface area contributed by atoms with Crippen LogP contribution in [0, 0.1) is 0 Å². The number of aliphatic hydroxyl groups excluding tert-OH is 1. The van der Waals surface area contributed by atoms with Crippen molar-refractivity contribution >= 4 is 39.4 Å². The Morgan fingerprint density at radius 3 is 2.43 bits per heavy atom. The Morgan fingerprint density at radius 1 is 1.14 bits per heavy atom. The Morgan fingerprint density at radius 2 is 1.79 bits per heavy atom. The standard InChI is InChI=1S/C19H20N6O2S/c1-12(11-26)21-17(20)16-18(27)25-28-19(16)22-13-7-9-15(10-8-13)24-23-14-5-3-2-4-6-14/h2-10,12,22,26H,11H2,1H3,(H2,20,21)(H,25,27). The summed E-state index contributed by atoms with van der Waals surface area (Å²) in [6.07, 6.45) is 0. The fourth-order valence-corrected chi connectivity index (χ4v) is 3.08. The zero-order valence-corrected chi connectivity index (χ0v) is 16.0. The molecule has 0 radical (unpaired) electrons. The Bertz CT molecular complexity index is 1020. The first-order valence-electron chi connectivity index (χ1n) is 8.56. The first kappa shape index (κ1) is 19.5. The molecule has 0 aliphatic heterocycles. The van der Waals surface area contributed by atoms with Gasteiger partial charge >= 0.3 is 0 Å². The van der Waals surface area contributed by atoms with E-state index in [1.165, 1.54) is 0 Å². The van der Waals surface area contributed by atoms with Crippen LogP contribution in [0.4, 0.5) is 22.1 Å². The van der Waals surface area contributed by atoms with Gasteiger partial charge in [0, 0.05) is 5.69 Å². The molecule has 8 nitrogen and oxygen atoms in total. The number of benzene rings is 2. The lowest BCUT2D eigenvalue weighted by atomic mass is 10.2. The summed E-state index contributed by atoms with van der Waals surface area (Å²) in [6, 6.07) is 16.4. The van der Waals surface area contributed by atoms with E-state index in [-0.39, 0.29) is 29.6 Å². The summed E-state index contributed by atoms with van der Waals surface area (Å²) in [5.74, 6) is 0.0832. The van der Waals surface area contributed by atoms with Crippen LogP contribution in [0.25, 0.3) is 0 Å². The minimum atomic E-state index is -0.388. The summed E-state index contributed by atoms with van der Waals surface area (Å²) >= 11 is 1.13. The molecule has 3 rings (SSSR count). The molecular weight excluding hydrogens is 376 g/mol. The molecule has 144 valence electrons. The molecule has 0 aliphatic rings. The normalized spacial score (nSPS) is 13.0. The summed E-state index contributed by atoms with van der Waals surface area (Å²) in [5.41, 5.74) is 8.13. The Labute approximate surface area is 165 Å². The third-order valence-electron chi connectivity index (χ3n) is 3.74. The minimum absolute atomic E-state index is 0.0832. The van der Waals surface area contributed by atoms with Crippen molar-refractivity contribution in [3.63, 3.8) is 0 Å². The number of H-pyrrole nitrogens is 1. The van der Waals surface area contributed by atoms with E-state index in [0.29, 0.717) is 10.7 Å². The maximum absolute atomic E-state index is 12.1. The number of aliphatic imine (C=N–C) groups is 1. The van der Waals surface area contributed by atoms with Crippen molar-refractivity contribution in [1.29, 1.82) is 0 Å². The van der Waals surface area contributed by atoms with Gasteiger partial charge in [-0.25, -0.2) is 0 Å². The topological polar surface area (TPSA) is 128 Å². The number of aromatic nitrogens is 1. The van der Waals surface area contributed by atoms with Crippen molar-refractivity contribution in [3.8, 4) is 0 Å². The van der Waals surface area contributed by atoms with Crippen LogP contribution < -0.4 is 16.6 Å². The van der Waals surface area contributed by atoms with Gasteiger partial charge < -0.3 is 16.2 Å². The number of hydrogen-bond acceptors (Lipinski definition) is 7. The molecule has 0 spiro atoms. The third kappa shape index (κ3) is 4.90. The van der Waals surface area contributed by atoms with Gasteiger partial charge in [-0.2, -0.15) is 10.2 Å². The predicted molar refractivity (Wildman–Crippen MR) is 113 cm³/mol. The van der Waals surface area contributed by atoms with E-state index in [1.807, 2.05) is 54.6 Å². The Hall–Kier alpha value is -3.30. The van der Waals surface area contributed by atoms with Crippen LogP contribution in [-0.2, 0) is 0 Å². The van der Waals surface area contributed by atoms with E-state index < -0.39 is 0 Å². The molecule has 0 saturated carbocycles. The van der Waals surface area contributed by atoms with Crippen molar-refractivity contribution in [2.24, 2.45) is 21.0 Å². The molecule has 0 saturated heterocycles. The van der Waals surface area contributed by atoms with E-state index in [9.17, 15) is 4.79 Å². The summed E-state index contributed by atoms with van der Waals surface area (Å²) in [6.45, 7) is 1.56. The van der Waals surface area contributed by atoms with E-state index >= 15 is 0 Å². The molecule has 1 atom stereocenters. The van der Waals surface area contributed by atoms with Crippen molar-refractivity contribution in [2.75, 3.05) is 11.9 Å². The Balaban J connectivity index is 1.75. The second-order valence-corrected chi connectivity index (χ2v) is 6.81. The minimum Gasteiger partial charge on any atom is -0.394 e. The van der Waals surface area contributed by atoms with Crippen LogP contribution in [0.5, 0.6) is 0 Å². The summed E-state index contributed by atoms with van der Waals surface area (Å²) in [5, 5.41) is 21.2. The number of nitrogens with zero attached hydrogens (tertiary/aromatic N) is 3. The third-order valence-corrected chi connectivity index (χ3v) is 4.54. The number of rotatable bonds is 7. The quantitative estimate of drug-likeness (QED) is 0.276. The van der Waals surface area contributed by atoms with Gasteiger partial charge in [0.25, 0.3) is 5.56 Å². The van der Waals surface area contributed by atoms with Crippen LogP contribution in [0.1, 0.15) is 12.5 Å². The highest BCUT2D eigenvalue weighted by atomic mass is 32.1. The molecule has 1 aromatic heterocycles. The molecule has 28 heavy (non-hydrogen) atoms. The van der Waals surface area contributed by atoms with Crippen molar-refractivity contribution in [3.05, 3.63) is 70.5 Å². The fourth-order valence-electron chi connectivity index (χ4n) is 2.32. The number of aromatic amines is 1. The number of amidine groups is 1. The van der Waals surface area contributed by atoms with Gasteiger partial charge in [-0.15, -0.1) is 0 Å². The largest absolute Gasteiger partial charge is 0.394 e. The SMILES string of the molecule is CC(CO)N=C(N)c1c(Nc2ccc(N=Nc3ccccc3)cc2)s[nH]c1=O.